The van der Waals surface area contributed by atoms with Crippen LogP contribution in [0.2, 0.25) is 0 Å². The maximum atomic E-state index is 13.9. The van der Waals surface area contributed by atoms with Crippen molar-refractivity contribution in [2.24, 2.45) is 0 Å². The van der Waals surface area contributed by atoms with Gasteiger partial charge in [-0.05, 0) is 43.4 Å². The summed E-state index contributed by atoms with van der Waals surface area (Å²) >= 11 is 0. The number of carbonyl (C=O) groups excluding carboxylic acids is 1. The number of rotatable bonds is 5. The maximum Gasteiger partial charge on any atom is 0.333 e. The molecule has 0 spiro atoms. The highest BCUT2D eigenvalue weighted by atomic mass is 16.2. The number of hydrogen-bond acceptors (Lipinski definition) is 4. The van der Waals surface area contributed by atoms with Crippen LogP contribution in [-0.4, -0.2) is 31.1 Å². The second-order valence-electron chi connectivity index (χ2n) is 9.84. The summed E-state index contributed by atoms with van der Waals surface area (Å²) in [4.78, 5) is 47.7. The topological polar surface area (TPSA) is 82.1 Å². The van der Waals surface area contributed by atoms with Crippen molar-refractivity contribution in [2.45, 2.75) is 57.7 Å². The molecule has 2 aliphatic rings. The number of aromatic nitrogens is 4. The Morgan fingerprint density at radius 2 is 1.75 bits per heavy atom. The zero-order chi connectivity index (χ0) is 24.8. The van der Waals surface area contributed by atoms with Gasteiger partial charge in [-0.3, -0.25) is 14.2 Å². The van der Waals surface area contributed by atoms with E-state index in [9.17, 15) is 14.4 Å². The number of benzene rings is 2. The van der Waals surface area contributed by atoms with Crippen LogP contribution in [0.15, 0.2) is 70.5 Å². The molecule has 36 heavy (non-hydrogen) atoms. The molecule has 1 amide bonds. The van der Waals surface area contributed by atoms with Gasteiger partial charge in [0.1, 0.15) is 6.04 Å². The van der Waals surface area contributed by atoms with E-state index < -0.39 is 17.3 Å². The predicted molar refractivity (Wildman–Crippen MR) is 139 cm³/mol. The number of carbonyl (C=O) groups is 1. The summed E-state index contributed by atoms with van der Waals surface area (Å²) in [6.45, 7) is 2.46. The van der Waals surface area contributed by atoms with Gasteiger partial charge in [0.05, 0.1) is 12.9 Å². The first-order valence-electron chi connectivity index (χ1n) is 12.7. The highest BCUT2D eigenvalue weighted by Gasteiger charge is 2.32. The Bertz CT molecular complexity index is 1560. The molecule has 0 radical (unpaired) electrons. The fourth-order valence-corrected chi connectivity index (χ4v) is 5.79. The van der Waals surface area contributed by atoms with Crippen molar-refractivity contribution in [3.8, 4) is 0 Å². The van der Waals surface area contributed by atoms with Crippen molar-refractivity contribution in [3.63, 3.8) is 0 Å². The van der Waals surface area contributed by atoms with Crippen LogP contribution >= 0.6 is 0 Å². The van der Waals surface area contributed by atoms with Gasteiger partial charge in [0, 0.05) is 18.3 Å². The molecule has 1 unspecified atom stereocenters. The van der Waals surface area contributed by atoms with Gasteiger partial charge in [0.25, 0.3) is 5.56 Å². The van der Waals surface area contributed by atoms with Crippen LogP contribution in [-0.2, 0) is 17.8 Å². The van der Waals surface area contributed by atoms with E-state index in [1.807, 2.05) is 59.2 Å². The van der Waals surface area contributed by atoms with Crippen LogP contribution in [0.4, 0.5) is 5.69 Å². The van der Waals surface area contributed by atoms with Crippen molar-refractivity contribution in [3.05, 3.63) is 92.9 Å². The van der Waals surface area contributed by atoms with E-state index in [1.165, 1.54) is 0 Å². The van der Waals surface area contributed by atoms with E-state index in [0.29, 0.717) is 17.7 Å². The van der Waals surface area contributed by atoms with E-state index in [4.69, 9.17) is 0 Å². The predicted octanol–water partition coefficient (Wildman–Crippen LogP) is 3.67. The number of fused-ring (bicyclic) bond motifs is 2. The van der Waals surface area contributed by atoms with Crippen LogP contribution < -0.4 is 16.1 Å². The molecule has 3 heterocycles. The molecule has 1 saturated carbocycles. The summed E-state index contributed by atoms with van der Waals surface area (Å²) in [7, 11) is 0. The SMILES string of the molecule is CC(C(=O)N1CCc2ccccc21)n1c(=O)c2c(ncn2C2CCCC2)n(Cc2ccccc2)c1=O. The number of imidazole rings is 1. The first-order valence-corrected chi connectivity index (χ1v) is 12.7. The molecule has 6 rings (SSSR count). The molecule has 1 aliphatic carbocycles. The Kier molecular flexibility index (Phi) is 5.59. The number of hydrogen-bond donors (Lipinski definition) is 0. The Morgan fingerprint density at radius 1 is 1.03 bits per heavy atom. The van der Waals surface area contributed by atoms with Crippen molar-refractivity contribution >= 4 is 22.8 Å². The van der Waals surface area contributed by atoms with E-state index in [0.717, 1.165) is 53.5 Å². The summed E-state index contributed by atoms with van der Waals surface area (Å²) in [6, 6.07) is 16.7. The average molecular weight is 484 g/mol. The lowest BCUT2D eigenvalue weighted by Gasteiger charge is -2.23. The largest absolute Gasteiger partial charge is 0.333 e. The number of nitrogens with zero attached hydrogens (tertiary/aromatic N) is 5. The van der Waals surface area contributed by atoms with Gasteiger partial charge in [-0.2, -0.15) is 0 Å². The second-order valence-corrected chi connectivity index (χ2v) is 9.84. The molecule has 8 nitrogen and oxygen atoms in total. The van der Waals surface area contributed by atoms with E-state index in [-0.39, 0.29) is 18.5 Å². The van der Waals surface area contributed by atoms with E-state index in [1.54, 1.807) is 22.7 Å². The normalized spacial score (nSPS) is 16.5. The lowest BCUT2D eigenvalue weighted by molar-refractivity contribution is -0.121. The third-order valence-corrected chi connectivity index (χ3v) is 7.69. The van der Waals surface area contributed by atoms with Gasteiger partial charge in [-0.1, -0.05) is 61.4 Å². The minimum absolute atomic E-state index is 0.176. The van der Waals surface area contributed by atoms with Crippen LogP contribution in [0.25, 0.3) is 11.2 Å². The van der Waals surface area contributed by atoms with Gasteiger partial charge >= 0.3 is 5.69 Å². The Labute approximate surface area is 208 Å². The molecule has 2 aromatic heterocycles. The van der Waals surface area contributed by atoms with Gasteiger partial charge in [0.2, 0.25) is 5.91 Å². The van der Waals surface area contributed by atoms with Gasteiger partial charge in [0.15, 0.2) is 11.2 Å². The van der Waals surface area contributed by atoms with Crippen LogP contribution in [0.5, 0.6) is 0 Å². The van der Waals surface area contributed by atoms with Crippen LogP contribution in [0, 0.1) is 0 Å². The first-order chi connectivity index (χ1) is 17.5. The lowest BCUT2D eigenvalue weighted by Crippen LogP contribution is -2.47. The molecular weight excluding hydrogens is 454 g/mol. The lowest BCUT2D eigenvalue weighted by atomic mass is 10.2. The Morgan fingerprint density at radius 3 is 2.53 bits per heavy atom. The van der Waals surface area contributed by atoms with Crippen molar-refractivity contribution < 1.29 is 4.79 Å². The van der Waals surface area contributed by atoms with Crippen LogP contribution in [0.1, 0.15) is 55.8 Å². The second kappa shape index (κ2) is 8.93. The smallest absolute Gasteiger partial charge is 0.322 e. The van der Waals surface area contributed by atoms with Gasteiger partial charge in [-0.15, -0.1) is 0 Å². The average Bonchev–Trinajstić information content (AvgIpc) is 3.66. The molecule has 0 saturated heterocycles. The number of anilines is 1. The standard InChI is InChI=1S/C28H29N5O3/c1-19(26(34)30-16-15-21-11-5-8-14-23(21)30)33-27(35)24-25(29-18-32(24)22-12-6-7-13-22)31(28(33)36)17-20-9-3-2-4-10-20/h2-5,8-11,14,18-19,22H,6-7,12-13,15-17H2,1H3. The molecular formula is C28H29N5O3. The highest BCUT2D eigenvalue weighted by molar-refractivity contribution is 5.97. The molecule has 8 heteroatoms. The quantitative estimate of drug-likeness (QED) is 0.434. The molecule has 1 atom stereocenters. The Hall–Kier alpha value is -3.94. The zero-order valence-electron chi connectivity index (χ0n) is 20.3. The maximum absolute atomic E-state index is 13.9. The van der Waals surface area contributed by atoms with Crippen molar-refractivity contribution in [1.82, 2.24) is 18.7 Å². The van der Waals surface area contributed by atoms with E-state index in [2.05, 4.69) is 4.98 Å². The summed E-state index contributed by atoms with van der Waals surface area (Å²) in [6.07, 6.45) is 6.60. The van der Waals surface area contributed by atoms with E-state index >= 15 is 0 Å². The fraction of sp³-hybridized carbons (Fsp3) is 0.357. The monoisotopic (exact) mass is 483 g/mol. The van der Waals surface area contributed by atoms with Gasteiger partial charge in [-0.25, -0.2) is 14.3 Å². The Balaban J connectivity index is 1.51. The zero-order valence-corrected chi connectivity index (χ0v) is 20.3. The third kappa shape index (κ3) is 3.59. The molecule has 2 aromatic carbocycles. The van der Waals surface area contributed by atoms with Gasteiger partial charge < -0.3 is 9.47 Å². The molecule has 184 valence electrons. The summed E-state index contributed by atoms with van der Waals surface area (Å²) in [5, 5.41) is 0. The molecule has 0 bridgehead atoms. The summed E-state index contributed by atoms with van der Waals surface area (Å²) < 4.78 is 4.62. The molecule has 1 aliphatic heterocycles. The molecule has 1 fully saturated rings. The molecule has 4 aromatic rings. The fourth-order valence-electron chi connectivity index (χ4n) is 5.79. The minimum Gasteiger partial charge on any atom is -0.322 e. The molecule has 0 N–H and O–H groups in total. The van der Waals surface area contributed by atoms with Crippen LogP contribution in [0.3, 0.4) is 0 Å². The number of para-hydroxylation sites is 1. The number of amides is 1. The first kappa shape index (κ1) is 22.5. The van der Waals surface area contributed by atoms with Crippen molar-refractivity contribution in [2.75, 3.05) is 11.4 Å². The third-order valence-electron chi connectivity index (χ3n) is 7.69. The summed E-state index contributed by atoms with van der Waals surface area (Å²) in [5.41, 5.74) is 2.69. The minimum atomic E-state index is -0.950. The van der Waals surface area contributed by atoms with Crippen molar-refractivity contribution in [1.29, 1.82) is 0 Å². The summed E-state index contributed by atoms with van der Waals surface area (Å²) in [5.74, 6) is -0.253. The highest BCUT2D eigenvalue weighted by Crippen LogP contribution is 2.32.